The van der Waals surface area contributed by atoms with E-state index in [0.29, 0.717) is 11.5 Å². The number of benzene rings is 3. The van der Waals surface area contributed by atoms with E-state index >= 15 is 0 Å². The molecule has 0 radical (unpaired) electrons. The number of methoxy groups -OCH3 is 1. The number of phenols is 1. The second kappa shape index (κ2) is 7.51. The molecule has 0 spiro atoms. The number of hydrazine groups is 1. The zero-order chi connectivity index (χ0) is 17.6. The number of hydrogen-bond acceptors (Lipinski definition) is 4. The summed E-state index contributed by atoms with van der Waals surface area (Å²) in [6.45, 7) is 0. The lowest BCUT2D eigenvalue weighted by Gasteiger charge is -2.14. The molecule has 0 aliphatic rings. The molecule has 0 aliphatic carbocycles. The van der Waals surface area contributed by atoms with Crippen LogP contribution in [0.25, 0.3) is 11.1 Å². The van der Waals surface area contributed by atoms with Crippen molar-refractivity contribution >= 4 is 11.5 Å². The van der Waals surface area contributed by atoms with Crippen LogP contribution in [0.15, 0.2) is 77.8 Å². The number of rotatable bonds is 4. The minimum atomic E-state index is 0.0880. The average molecular weight is 333 g/mol. The molecule has 4 N–H and O–H groups in total. The lowest BCUT2D eigenvalue weighted by Crippen LogP contribution is -2.31. The third kappa shape index (κ3) is 3.46. The van der Waals surface area contributed by atoms with Gasteiger partial charge in [-0.15, -0.1) is 0 Å². The molecule has 3 aromatic carbocycles. The van der Waals surface area contributed by atoms with Crippen molar-refractivity contribution in [2.45, 2.75) is 0 Å². The Kier molecular flexibility index (Phi) is 4.97. The standard InChI is InChI=1S/C20H19N3O2/c1-25-19-13-7-4-9-15(19)14-8-2-3-10-16(14)20(23-21)22-17-11-5-6-12-18(17)24/h2-13,24H,21H2,1H3,(H,22,23). The summed E-state index contributed by atoms with van der Waals surface area (Å²) in [7, 11) is 1.64. The molecule has 0 amide bonds. The molecule has 0 fully saturated rings. The fourth-order valence-electron chi connectivity index (χ4n) is 2.64. The van der Waals surface area contributed by atoms with Crippen LogP contribution in [0.3, 0.4) is 0 Å². The topological polar surface area (TPSA) is 79.9 Å². The van der Waals surface area contributed by atoms with Gasteiger partial charge in [-0.2, -0.15) is 0 Å². The summed E-state index contributed by atoms with van der Waals surface area (Å²) in [6, 6.07) is 22.3. The van der Waals surface area contributed by atoms with Crippen LogP contribution in [0.5, 0.6) is 11.5 Å². The summed E-state index contributed by atoms with van der Waals surface area (Å²) < 4.78 is 5.47. The molecule has 5 heteroatoms. The number of aliphatic imine (C=N–C) groups is 1. The van der Waals surface area contributed by atoms with Gasteiger partial charge in [0.2, 0.25) is 0 Å². The normalized spacial score (nSPS) is 11.2. The summed E-state index contributed by atoms with van der Waals surface area (Å²) in [6.07, 6.45) is 0. The second-order valence-corrected chi connectivity index (χ2v) is 5.34. The monoisotopic (exact) mass is 333 g/mol. The van der Waals surface area contributed by atoms with Gasteiger partial charge in [0.15, 0.2) is 0 Å². The number of ether oxygens (including phenoxy) is 1. The van der Waals surface area contributed by atoms with Crippen LogP contribution in [0.2, 0.25) is 0 Å². The van der Waals surface area contributed by atoms with E-state index in [-0.39, 0.29) is 5.75 Å². The van der Waals surface area contributed by atoms with Crippen molar-refractivity contribution in [3.05, 3.63) is 78.4 Å². The van der Waals surface area contributed by atoms with Crippen LogP contribution in [0, 0.1) is 0 Å². The summed E-state index contributed by atoms with van der Waals surface area (Å²) in [5.74, 6) is 7.02. The average Bonchev–Trinajstić information content (AvgIpc) is 2.67. The zero-order valence-electron chi connectivity index (χ0n) is 13.8. The number of nitrogens with zero attached hydrogens (tertiary/aromatic N) is 1. The molecule has 0 heterocycles. The smallest absolute Gasteiger partial charge is 0.148 e. The lowest BCUT2D eigenvalue weighted by atomic mass is 9.98. The third-order valence-corrected chi connectivity index (χ3v) is 3.83. The van der Waals surface area contributed by atoms with Gasteiger partial charge in [0.1, 0.15) is 23.0 Å². The highest BCUT2D eigenvalue weighted by Crippen LogP contribution is 2.33. The van der Waals surface area contributed by atoms with Crippen molar-refractivity contribution in [2.75, 3.05) is 7.11 Å². The van der Waals surface area contributed by atoms with Crippen molar-refractivity contribution in [1.82, 2.24) is 5.43 Å². The molecule has 3 aromatic rings. The Morgan fingerprint density at radius 2 is 1.56 bits per heavy atom. The molecule has 0 aromatic heterocycles. The molecule has 0 aliphatic heterocycles. The fraction of sp³-hybridized carbons (Fsp3) is 0.0500. The first-order valence-electron chi connectivity index (χ1n) is 7.80. The van der Waals surface area contributed by atoms with Crippen molar-refractivity contribution in [3.63, 3.8) is 0 Å². The van der Waals surface area contributed by atoms with Crippen LogP contribution in [0.4, 0.5) is 5.69 Å². The third-order valence-electron chi connectivity index (χ3n) is 3.83. The van der Waals surface area contributed by atoms with Gasteiger partial charge in [-0.05, 0) is 23.8 Å². The van der Waals surface area contributed by atoms with E-state index in [1.165, 1.54) is 0 Å². The van der Waals surface area contributed by atoms with Gasteiger partial charge in [0.05, 0.1) is 7.11 Å². The molecule has 5 nitrogen and oxygen atoms in total. The van der Waals surface area contributed by atoms with Crippen molar-refractivity contribution < 1.29 is 9.84 Å². The highest BCUT2D eigenvalue weighted by Gasteiger charge is 2.14. The second-order valence-electron chi connectivity index (χ2n) is 5.34. The SMILES string of the molecule is COc1ccccc1-c1ccccc1C(=Nc1ccccc1O)NN. The van der Waals surface area contributed by atoms with Crippen LogP contribution in [-0.2, 0) is 0 Å². The maximum absolute atomic E-state index is 9.97. The van der Waals surface area contributed by atoms with Gasteiger partial charge in [0.25, 0.3) is 0 Å². The summed E-state index contributed by atoms with van der Waals surface area (Å²) in [5.41, 5.74) is 5.73. The number of para-hydroxylation sites is 3. The highest BCUT2D eigenvalue weighted by atomic mass is 16.5. The van der Waals surface area contributed by atoms with Gasteiger partial charge in [-0.3, -0.25) is 0 Å². The van der Waals surface area contributed by atoms with Crippen LogP contribution in [-0.4, -0.2) is 18.1 Å². The Morgan fingerprint density at radius 1 is 0.920 bits per heavy atom. The molecule has 0 saturated carbocycles. The molecule has 0 bridgehead atoms. The van der Waals surface area contributed by atoms with Gasteiger partial charge >= 0.3 is 0 Å². The molecule has 0 atom stereocenters. The quantitative estimate of drug-likeness (QED) is 0.295. The van der Waals surface area contributed by atoms with Crippen LogP contribution >= 0.6 is 0 Å². The van der Waals surface area contributed by atoms with E-state index in [9.17, 15) is 5.11 Å². The maximum atomic E-state index is 9.97. The fourth-order valence-corrected chi connectivity index (χ4v) is 2.64. The molecule has 0 unspecified atom stereocenters. The van der Waals surface area contributed by atoms with E-state index in [4.69, 9.17) is 10.6 Å². The summed E-state index contributed by atoms with van der Waals surface area (Å²) in [5, 5.41) is 9.97. The van der Waals surface area contributed by atoms with Crippen molar-refractivity contribution in [2.24, 2.45) is 10.8 Å². The predicted molar refractivity (Wildman–Crippen MR) is 100 cm³/mol. The Labute approximate surface area is 146 Å². The molecule has 0 saturated heterocycles. The Bertz CT molecular complexity index is 907. The summed E-state index contributed by atoms with van der Waals surface area (Å²) in [4.78, 5) is 4.48. The van der Waals surface area contributed by atoms with Gasteiger partial charge in [-0.25, -0.2) is 10.8 Å². The van der Waals surface area contributed by atoms with Gasteiger partial charge < -0.3 is 15.3 Å². The number of aromatic hydroxyl groups is 1. The number of phenolic OH excluding ortho intramolecular Hbond substituents is 1. The zero-order valence-corrected chi connectivity index (χ0v) is 13.8. The molecule has 3 rings (SSSR count). The number of nitrogens with one attached hydrogen (secondary N) is 1. The first-order valence-corrected chi connectivity index (χ1v) is 7.80. The number of nitrogens with two attached hydrogens (primary N) is 1. The first-order chi connectivity index (χ1) is 12.2. The minimum absolute atomic E-state index is 0.0880. The van der Waals surface area contributed by atoms with Gasteiger partial charge in [-0.1, -0.05) is 54.6 Å². The largest absolute Gasteiger partial charge is 0.506 e. The Morgan fingerprint density at radius 3 is 2.28 bits per heavy atom. The van der Waals surface area contributed by atoms with E-state index in [1.807, 2.05) is 48.5 Å². The van der Waals surface area contributed by atoms with E-state index in [1.54, 1.807) is 31.4 Å². The number of amidine groups is 1. The predicted octanol–water partition coefficient (Wildman–Crippen LogP) is 3.61. The van der Waals surface area contributed by atoms with E-state index in [2.05, 4.69) is 10.4 Å². The molecule has 25 heavy (non-hydrogen) atoms. The molecular formula is C20H19N3O2. The molecule has 126 valence electrons. The summed E-state index contributed by atoms with van der Waals surface area (Å²) >= 11 is 0. The van der Waals surface area contributed by atoms with E-state index < -0.39 is 0 Å². The highest BCUT2D eigenvalue weighted by molar-refractivity contribution is 6.06. The van der Waals surface area contributed by atoms with Gasteiger partial charge in [0, 0.05) is 11.1 Å². The minimum Gasteiger partial charge on any atom is -0.506 e. The van der Waals surface area contributed by atoms with Crippen LogP contribution < -0.4 is 16.0 Å². The maximum Gasteiger partial charge on any atom is 0.148 e. The van der Waals surface area contributed by atoms with Crippen molar-refractivity contribution in [3.8, 4) is 22.6 Å². The van der Waals surface area contributed by atoms with Crippen LogP contribution in [0.1, 0.15) is 5.56 Å². The molecular weight excluding hydrogens is 314 g/mol. The lowest BCUT2D eigenvalue weighted by molar-refractivity contribution is 0.416. The number of hydrogen-bond donors (Lipinski definition) is 3. The first kappa shape index (κ1) is 16.5. The Balaban J connectivity index is 2.16. The van der Waals surface area contributed by atoms with Crippen molar-refractivity contribution in [1.29, 1.82) is 0 Å². The Hall–Kier alpha value is -3.31. The van der Waals surface area contributed by atoms with E-state index in [0.717, 1.165) is 22.4 Å².